The third kappa shape index (κ3) is 1.93. The summed E-state index contributed by atoms with van der Waals surface area (Å²) in [5, 5.41) is 5.77. The molecule has 0 amide bonds. The zero-order valence-corrected chi connectivity index (χ0v) is 9.03. The van der Waals surface area contributed by atoms with Crippen molar-refractivity contribution in [2.45, 2.75) is 12.5 Å². The number of rotatable bonds is 2. The molecule has 2 nitrogen and oxygen atoms in total. The van der Waals surface area contributed by atoms with E-state index in [-0.39, 0.29) is 0 Å². The number of hydrogen-bond donors (Lipinski definition) is 1. The predicted octanol–water partition coefficient (Wildman–Crippen LogP) is 1.50. The van der Waals surface area contributed by atoms with Crippen LogP contribution in [-0.2, 0) is 6.42 Å². The van der Waals surface area contributed by atoms with Gasteiger partial charge in [-0.25, -0.2) is 0 Å². The molecule has 0 unspecified atom stereocenters. The summed E-state index contributed by atoms with van der Waals surface area (Å²) in [6.07, 6.45) is 1.20. The van der Waals surface area contributed by atoms with Crippen molar-refractivity contribution >= 4 is 11.3 Å². The molecule has 0 saturated heterocycles. The zero-order valence-electron chi connectivity index (χ0n) is 8.21. The monoisotopic (exact) mass is 196 g/mol. The summed E-state index contributed by atoms with van der Waals surface area (Å²) in [7, 11) is 4.26. The molecule has 0 bridgehead atoms. The molecule has 0 aromatic carbocycles. The Morgan fingerprint density at radius 3 is 3.23 bits per heavy atom. The molecule has 0 aliphatic carbocycles. The Morgan fingerprint density at radius 1 is 1.62 bits per heavy atom. The standard InChI is InChI=1S/C10H16N2S/c1-12(2)7-9-10-8(3-5-11-9)4-6-13-10/h4,6,9,11H,3,5,7H2,1-2H3/t9-/m1/s1. The molecule has 1 atom stereocenters. The Hall–Kier alpha value is -0.380. The first kappa shape index (κ1) is 9.19. The fourth-order valence-electron chi connectivity index (χ4n) is 1.85. The maximum atomic E-state index is 3.56. The maximum absolute atomic E-state index is 3.56. The molecule has 1 aliphatic rings. The second kappa shape index (κ2) is 3.78. The predicted molar refractivity (Wildman–Crippen MR) is 57.3 cm³/mol. The lowest BCUT2D eigenvalue weighted by atomic mass is 10.0. The van der Waals surface area contributed by atoms with Gasteiger partial charge in [0.1, 0.15) is 0 Å². The van der Waals surface area contributed by atoms with Crippen LogP contribution in [0, 0.1) is 0 Å². The molecule has 0 radical (unpaired) electrons. The summed E-state index contributed by atoms with van der Waals surface area (Å²) < 4.78 is 0. The third-order valence-electron chi connectivity index (χ3n) is 2.43. The molecule has 0 fully saturated rings. The van der Waals surface area contributed by atoms with E-state index in [1.165, 1.54) is 6.42 Å². The van der Waals surface area contributed by atoms with Crippen LogP contribution in [0.2, 0.25) is 0 Å². The summed E-state index contributed by atoms with van der Waals surface area (Å²) in [6.45, 7) is 2.23. The number of nitrogens with one attached hydrogen (secondary N) is 1. The van der Waals surface area contributed by atoms with Gasteiger partial charge in [-0.3, -0.25) is 0 Å². The van der Waals surface area contributed by atoms with Gasteiger partial charge in [0.2, 0.25) is 0 Å². The zero-order chi connectivity index (χ0) is 9.26. The van der Waals surface area contributed by atoms with Crippen molar-refractivity contribution in [2.24, 2.45) is 0 Å². The van der Waals surface area contributed by atoms with E-state index in [1.54, 1.807) is 10.4 Å². The minimum absolute atomic E-state index is 0.554. The van der Waals surface area contributed by atoms with Crippen LogP contribution in [0.1, 0.15) is 16.5 Å². The van der Waals surface area contributed by atoms with Crippen LogP contribution in [0.4, 0.5) is 0 Å². The van der Waals surface area contributed by atoms with Gasteiger partial charge in [-0.05, 0) is 44.1 Å². The first-order valence-electron chi connectivity index (χ1n) is 4.72. The molecule has 2 heterocycles. The quantitative estimate of drug-likeness (QED) is 0.771. The summed E-state index contributed by atoms with van der Waals surface area (Å²) >= 11 is 1.89. The van der Waals surface area contributed by atoms with Crippen molar-refractivity contribution < 1.29 is 0 Å². The van der Waals surface area contributed by atoms with Gasteiger partial charge in [0.15, 0.2) is 0 Å². The molecule has 3 heteroatoms. The average Bonchev–Trinajstić information content (AvgIpc) is 2.51. The van der Waals surface area contributed by atoms with E-state index in [1.807, 2.05) is 11.3 Å². The Bertz CT molecular complexity index is 280. The molecule has 1 aromatic rings. The molecule has 1 N–H and O–H groups in total. The van der Waals surface area contributed by atoms with E-state index < -0.39 is 0 Å². The van der Waals surface area contributed by atoms with Gasteiger partial charge in [-0.15, -0.1) is 11.3 Å². The highest BCUT2D eigenvalue weighted by atomic mass is 32.1. The molecule has 1 aromatic heterocycles. The van der Waals surface area contributed by atoms with Gasteiger partial charge in [0.25, 0.3) is 0 Å². The Balaban J connectivity index is 2.15. The number of nitrogens with zero attached hydrogens (tertiary/aromatic N) is 1. The second-order valence-corrected chi connectivity index (χ2v) is 4.78. The van der Waals surface area contributed by atoms with Crippen LogP contribution < -0.4 is 5.32 Å². The maximum Gasteiger partial charge on any atom is 0.0546 e. The van der Waals surface area contributed by atoms with E-state index in [2.05, 4.69) is 35.8 Å². The minimum Gasteiger partial charge on any atom is -0.308 e. The molecule has 2 rings (SSSR count). The van der Waals surface area contributed by atoms with Crippen LogP contribution in [0.15, 0.2) is 11.4 Å². The van der Waals surface area contributed by atoms with E-state index >= 15 is 0 Å². The molecule has 72 valence electrons. The highest BCUT2D eigenvalue weighted by Gasteiger charge is 2.20. The van der Waals surface area contributed by atoms with Crippen LogP contribution in [0.3, 0.4) is 0 Å². The van der Waals surface area contributed by atoms with E-state index in [4.69, 9.17) is 0 Å². The average molecular weight is 196 g/mol. The molecule has 1 aliphatic heterocycles. The lowest BCUT2D eigenvalue weighted by molar-refractivity contribution is 0.338. The van der Waals surface area contributed by atoms with Gasteiger partial charge in [-0.1, -0.05) is 0 Å². The van der Waals surface area contributed by atoms with Crippen LogP contribution in [-0.4, -0.2) is 32.1 Å². The smallest absolute Gasteiger partial charge is 0.0546 e. The summed E-state index contributed by atoms with van der Waals surface area (Å²) in [6, 6.07) is 2.82. The van der Waals surface area contributed by atoms with E-state index in [0.29, 0.717) is 6.04 Å². The minimum atomic E-state index is 0.554. The number of fused-ring (bicyclic) bond motifs is 1. The molecule has 13 heavy (non-hydrogen) atoms. The highest BCUT2D eigenvalue weighted by molar-refractivity contribution is 7.10. The first-order valence-corrected chi connectivity index (χ1v) is 5.59. The SMILES string of the molecule is CN(C)C[C@H]1NCCc2ccsc21. The van der Waals surface area contributed by atoms with Crippen molar-refractivity contribution in [1.82, 2.24) is 10.2 Å². The van der Waals surface area contributed by atoms with Gasteiger partial charge in [0.05, 0.1) is 6.04 Å². The number of hydrogen-bond acceptors (Lipinski definition) is 3. The fraction of sp³-hybridized carbons (Fsp3) is 0.600. The van der Waals surface area contributed by atoms with Crippen molar-refractivity contribution in [3.05, 3.63) is 21.9 Å². The van der Waals surface area contributed by atoms with Crippen molar-refractivity contribution in [1.29, 1.82) is 0 Å². The first-order chi connectivity index (χ1) is 6.27. The molecular formula is C10H16N2S. The van der Waals surface area contributed by atoms with Gasteiger partial charge in [-0.2, -0.15) is 0 Å². The largest absolute Gasteiger partial charge is 0.308 e. The molecule has 0 spiro atoms. The number of thiophene rings is 1. The molecular weight excluding hydrogens is 180 g/mol. The molecule has 0 saturated carbocycles. The van der Waals surface area contributed by atoms with E-state index in [0.717, 1.165) is 13.1 Å². The Labute approximate surface area is 83.6 Å². The third-order valence-corrected chi connectivity index (χ3v) is 3.50. The lowest BCUT2D eigenvalue weighted by Gasteiger charge is -2.26. The highest BCUT2D eigenvalue weighted by Crippen LogP contribution is 2.28. The Morgan fingerprint density at radius 2 is 2.46 bits per heavy atom. The van der Waals surface area contributed by atoms with Crippen LogP contribution in [0.5, 0.6) is 0 Å². The summed E-state index contributed by atoms with van der Waals surface area (Å²) in [5.41, 5.74) is 1.55. The van der Waals surface area contributed by atoms with Crippen molar-refractivity contribution in [3.8, 4) is 0 Å². The summed E-state index contributed by atoms with van der Waals surface area (Å²) in [4.78, 5) is 3.78. The van der Waals surface area contributed by atoms with Crippen molar-refractivity contribution in [3.63, 3.8) is 0 Å². The lowest BCUT2D eigenvalue weighted by Crippen LogP contribution is -2.35. The Kier molecular flexibility index (Phi) is 2.67. The van der Waals surface area contributed by atoms with E-state index in [9.17, 15) is 0 Å². The fourth-order valence-corrected chi connectivity index (χ4v) is 2.87. The number of likely N-dealkylation sites (N-methyl/N-ethyl adjacent to an activating group) is 1. The van der Waals surface area contributed by atoms with Crippen LogP contribution in [0.25, 0.3) is 0 Å². The van der Waals surface area contributed by atoms with Gasteiger partial charge in [0, 0.05) is 11.4 Å². The van der Waals surface area contributed by atoms with Gasteiger partial charge < -0.3 is 10.2 Å². The topological polar surface area (TPSA) is 15.3 Å². The normalized spacial score (nSPS) is 21.9. The summed E-state index contributed by atoms with van der Waals surface area (Å²) in [5.74, 6) is 0. The second-order valence-electron chi connectivity index (χ2n) is 3.83. The van der Waals surface area contributed by atoms with Crippen molar-refractivity contribution in [2.75, 3.05) is 27.2 Å². The van der Waals surface area contributed by atoms with Crippen LogP contribution >= 0.6 is 11.3 Å². The van der Waals surface area contributed by atoms with Gasteiger partial charge >= 0.3 is 0 Å².